The SMILES string of the molecule is CCCCN1N=CN(C(C)C)C1C(C)C. The van der Waals surface area contributed by atoms with E-state index in [4.69, 9.17) is 0 Å². The average Bonchev–Trinajstić information content (AvgIpc) is 2.58. The highest BCUT2D eigenvalue weighted by atomic mass is 15.6. The molecule has 1 rings (SSSR count). The van der Waals surface area contributed by atoms with Crippen LogP contribution in [0, 0.1) is 5.92 Å². The first-order chi connectivity index (χ1) is 7.07. The summed E-state index contributed by atoms with van der Waals surface area (Å²) < 4.78 is 0. The predicted octanol–water partition coefficient (Wildman–Crippen LogP) is 2.74. The first-order valence-electron chi connectivity index (χ1n) is 6.16. The molecule has 0 aromatic carbocycles. The Kier molecular flexibility index (Phi) is 4.43. The van der Waals surface area contributed by atoms with Crippen LogP contribution in [0.2, 0.25) is 0 Å². The number of nitrogens with zero attached hydrogens (tertiary/aromatic N) is 3. The van der Waals surface area contributed by atoms with Crippen LogP contribution in [0.4, 0.5) is 0 Å². The van der Waals surface area contributed by atoms with E-state index in [-0.39, 0.29) is 0 Å². The molecular weight excluding hydrogens is 186 g/mol. The fourth-order valence-electron chi connectivity index (χ4n) is 2.05. The van der Waals surface area contributed by atoms with E-state index in [1.807, 2.05) is 6.34 Å². The van der Waals surface area contributed by atoms with Crippen LogP contribution < -0.4 is 0 Å². The summed E-state index contributed by atoms with van der Waals surface area (Å²) in [4.78, 5) is 2.36. The lowest BCUT2D eigenvalue weighted by Crippen LogP contribution is -2.46. The van der Waals surface area contributed by atoms with Crippen molar-refractivity contribution in [2.24, 2.45) is 11.0 Å². The summed E-state index contributed by atoms with van der Waals surface area (Å²) in [7, 11) is 0. The third-order valence-electron chi connectivity index (χ3n) is 2.88. The molecule has 0 aromatic heterocycles. The van der Waals surface area contributed by atoms with Crippen molar-refractivity contribution in [3.8, 4) is 0 Å². The number of hydrogen-bond acceptors (Lipinski definition) is 3. The third-order valence-corrected chi connectivity index (χ3v) is 2.88. The van der Waals surface area contributed by atoms with E-state index in [9.17, 15) is 0 Å². The summed E-state index contributed by atoms with van der Waals surface area (Å²) in [6, 6.07) is 0.535. The second kappa shape index (κ2) is 5.38. The normalized spacial score (nSPS) is 21.1. The van der Waals surface area contributed by atoms with Crippen molar-refractivity contribution >= 4 is 6.34 Å². The van der Waals surface area contributed by atoms with Crippen molar-refractivity contribution in [1.29, 1.82) is 0 Å². The summed E-state index contributed by atoms with van der Waals surface area (Å²) in [6.07, 6.45) is 4.92. The molecule has 3 nitrogen and oxygen atoms in total. The standard InChI is InChI=1S/C12H25N3/c1-6-7-8-15-12(10(2)3)14(9-13-15)11(4)5/h9-12H,6-8H2,1-5H3. The molecule has 1 atom stereocenters. The summed E-state index contributed by atoms with van der Waals surface area (Å²) in [6.45, 7) is 12.3. The van der Waals surface area contributed by atoms with Crippen LogP contribution in [0.5, 0.6) is 0 Å². The van der Waals surface area contributed by atoms with Gasteiger partial charge in [0.15, 0.2) is 0 Å². The Hall–Kier alpha value is -0.730. The lowest BCUT2D eigenvalue weighted by Gasteiger charge is -2.35. The van der Waals surface area contributed by atoms with Crippen LogP contribution in [0.3, 0.4) is 0 Å². The zero-order chi connectivity index (χ0) is 11.4. The maximum atomic E-state index is 4.51. The Morgan fingerprint density at radius 1 is 1.27 bits per heavy atom. The topological polar surface area (TPSA) is 18.8 Å². The average molecular weight is 211 g/mol. The summed E-state index contributed by atoms with van der Waals surface area (Å²) in [5, 5.41) is 6.76. The minimum Gasteiger partial charge on any atom is -0.337 e. The fraction of sp³-hybridized carbons (Fsp3) is 0.917. The molecule has 0 amide bonds. The maximum Gasteiger partial charge on any atom is 0.121 e. The van der Waals surface area contributed by atoms with Crippen LogP contribution in [0.15, 0.2) is 5.10 Å². The molecule has 0 spiro atoms. The highest BCUT2D eigenvalue weighted by Crippen LogP contribution is 2.22. The third kappa shape index (κ3) is 2.86. The van der Waals surface area contributed by atoms with Crippen LogP contribution in [0.25, 0.3) is 0 Å². The second-order valence-corrected chi connectivity index (χ2v) is 4.95. The molecule has 88 valence electrons. The molecule has 1 aliphatic heterocycles. The highest BCUT2D eigenvalue weighted by molar-refractivity contribution is 5.57. The number of rotatable bonds is 5. The van der Waals surface area contributed by atoms with Crippen LogP contribution >= 0.6 is 0 Å². The quantitative estimate of drug-likeness (QED) is 0.696. The lowest BCUT2D eigenvalue weighted by atomic mass is 10.1. The summed E-state index contributed by atoms with van der Waals surface area (Å²) in [5.41, 5.74) is 0. The van der Waals surface area contributed by atoms with Crippen molar-refractivity contribution in [2.45, 2.75) is 59.7 Å². The van der Waals surface area contributed by atoms with Gasteiger partial charge in [-0.1, -0.05) is 27.2 Å². The zero-order valence-corrected chi connectivity index (χ0v) is 10.8. The van der Waals surface area contributed by atoms with Crippen molar-refractivity contribution in [3.63, 3.8) is 0 Å². The van der Waals surface area contributed by atoms with E-state index >= 15 is 0 Å². The van der Waals surface area contributed by atoms with E-state index in [2.05, 4.69) is 49.6 Å². The van der Waals surface area contributed by atoms with Crippen LogP contribution in [0.1, 0.15) is 47.5 Å². The zero-order valence-electron chi connectivity index (χ0n) is 10.8. The monoisotopic (exact) mass is 211 g/mol. The van der Waals surface area contributed by atoms with Gasteiger partial charge in [-0.3, -0.25) is 5.01 Å². The largest absolute Gasteiger partial charge is 0.337 e. The first-order valence-corrected chi connectivity index (χ1v) is 6.16. The smallest absolute Gasteiger partial charge is 0.121 e. The van der Waals surface area contributed by atoms with Gasteiger partial charge in [0, 0.05) is 12.6 Å². The Balaban J connectivity index is 2.62. The van der Waals surface area contributed by atoms with E-state index in [0.29, 0.717) is 18.1 Å². The summed E-state index contributed by atoms with van der Waals surface area (Å²) in [5.74, 6) is 0.617. The molecule has 0 saturated heterocycles. The van der Waals surface area contributed by atoms with Crippen molar-refractivity contribution in [3.05, 3.63) is 0 Å². The van der Waals surface area contributed by atoms with Crippen molar-refractivity contribution in [1.82, 2.24) is 9.91 Å². The lowest BCUT2D eigenvalue weighted by molar-refractivity contribution is 0.0722. The number of unbranched alkanes of at least 4 members (excludes halogenated alkanes) is 1. The highest BCUT2D eigenvalue weighted by Gasteiger charge is 2.31. The molecule has 0 saturated carbocycles. The molecule has 1 aliphatic rings. The molecule has 15 heavy (non-hydrogen) atoms. The minimum atomic E-state index is 0.455. The number of hydrazone groups is 1. The van der Waals surface area contributed by atoms with Crippen LogP contribution in [-0.2, 0) is 0 Å². The Bertz CT molecular complexity index is 211. The van der Waals surface area contributed by atoms with Gasteiger partial charge < -0.3 is 4.90 Å². The van der Waals surface area contributed by atoms with Gasteiger partial charge in [-0.15, -0.1) is 0 Å². The molecular formula is C12H25N3. The van der Waals surface area contributed by atoms with Gasteiger partial charge in [-0.25, -0.2) is 0 Å². The van der Waals surface area contributed by atoms with Crippen molar-refractivity contribution < 1.29 is 0 Å². The molecule has 3 heteroatoms. The maximum absolute atomic E-state index is 4.51. The molecule has 0 radical (unpaired) electrons. The molecule has 1 unspecified atom stereocenters. The fourth-order valence-corrected chi connectivity index (χ4v) is 2.05. The van der Waals surface area contributed by atoms with Gasteiger partial charge >= 0.3 is 0 Å². The predicted molar refractivity (Wildman–Crippen MR) is 65.7 cm³/mol. The number of hydrogen-bond donors (Lipinski definition) is 0. The Labute approximate surface area is 94.1 Å². The van der Waals surface area contributed by atoms with E-state index in [0.717, 1.165) is 6.54 Å². The van der Waals surface area contributed by atoms with Crippen molar-refractivity contribution in [2.75, 3.05) is 6.54 Å². The van der Waals surface area contributed by atoms with Gasteiger partial charge in [0.1, 0.15) is 12.5 Å². The van der Waals surface area contributed by atoms with Gasteiger partial charge in [0.05, 0.1) is 0 Å². The molecule has 0 N–H and O–H groups in total. The minimum absolute atomic E-state index is 0.455. The van der Waals surface area contributed by atoms with E-state index in [1.165, 1.54) is 12.8 Å². The van der Waals surface area contributed by atoms with E-state index < -0.39 is 0 Å². The van der Waals surface area contributed by atoms with Gasteiger partial charge in [-0.2, -0.15) is 5.10 Å². The molecule has 0 fully saturated rings. The van der Waals surface area contributed by atoms with Gasteiger partial charge in [0.25, 0.3) is 0 Å². The second-order valence-electron chi connectivity index (χ2n) is 4.95. The van der Waals surface area contributed by atoms with E-state index in [1.54, 1.807) is 0 Å². The Morgan fingerprint density at radius 2 is 1.93 bits per heavy atom. The van der Waals surface area contributed by atoms with Gasteiger partial charge in [0.2, 0.25) is 0 Å². The molecule has 0 aromatic rings. The van der Waals surface area contributed by atoms with Crippen LogP contribution in [-0.4, -0.2) is 35.0 Å². The molecule has 1 heterocycles. The van der Waals surface area contributed by atoms with Gasteiger partial charge in [-0.05, 0) is 26.2 Å². The Morgan fingerprint density at radius 3 is 2.40 bits per heavy atom. The first kappa shape index (κ1) is 12.3. The molecule has 0 bridgehead atoms. The summed E-state index contributed by atoms with van der Waals surface area (Å²) >= 11 is 0. The molecule has 0 aliphatic carbocycles.